The predicted octanol–water partition coefficient (Wildman–Crippen LogP) is 3.04. The molecule has 5 heteroatoms. The van der Waals surface area contributed by atoms with Crippen molar-refractivity contribution in [3.8, 4) is 0 Å². The van der Waals surface area contributed by atoms with Crippen molar-refractivity contribution in [1.82, 2.24) is 10.3 Å². The molecule has 1 aromatic carbocycles. The van der Waals surface area contributed by atoms with Crippen LogP contribution >= 0.6 is 0 Å². The number of piperidine rings is 1. The van der Waals surface area contributed by atoms with Gasteiger partial charge in [0.1, 0.15) is 0 Å². The number of hydrazine groups is 1. The van der Waals surface area contributed by atoms with E-state index in [4.69, 9.17) is 5.84 Å². The second-order valence-corrected chi connectivity index (χ2v) is 6.40. The number of aryl methyl sites for hydroxylation is 1. The number of benzene rings is 1. The lowest BCUT2D eigenvalue weighted by Crippen LogP contribution is -2.55. The van der Waals surface area contributed by atoms with Crippen molar-refractivity contribution < 1.29 is 8.78 Å². The zero-order chi connectivity index (χ0) is 15.6. The molecule has 1 saturated heterocycles. The number of nitrogens with one attached hydrogen (secondary N) is 1. The Morgan fingerprint density at radius 2 is 1.76 bits per heavy atom. The predicted molar refractivity (Wildman–Crippen MR) is 80.7 cm³/mol. The van der Waals surface area contributed by atoms with Gasteiger partial charge in [-0.25, -0.2) is 8.78 Å². The lowest BCUT2D eigenvalue weighted by atomic mass is 9.85. The molecule has 21 heavy (non-hydrogen) atoms. The molecule has 1 fully saturated rings. The number of hydrogen-bond donors (Lipinski definition) is 2. The highest BCUT2D eigenvalue weighted by molar-refractivity contribution is 5.30. The minimum absolute atomic E-state index is 0.288. The Labute approximate surface area is 125 Å². The summed E-state index contributed by atoms with van der Waals surface area (Å²) in [7, 11) is 0. The molecule has 3 N–H and O–H groups in total. The molecular weight excluding hydrogens is 272 g/mol. The van der Waals surface area contributed by atoms with Gasteiger partial charge in [-0.05, 0) is 52.3 Å². The van der Waals surface area contributed by atoms with Crippen LogP contribution in [-0.4, -0.2) is 23.5 Å². The first-order valence-electron chi connectivity index (χ1n) is 7.55. The van der Waals surface area contributed by atoms with E-state index in [0.29, 0.717) is 5.56 Å². The number of nitrogens with zero attached hydrogens (tertiary/aromatic N) is 1. The quantitative estimate of drug-likeness (QED) is 0.663. The molecule has 0 spiro atoms. The zero-order valence-corrected chi connectivity index (χ0v) is 13.0. The third kappa shape index (κ3) is 3.10. The average Bonchev–Trinajstić information content (AvgIpc) is 2.48. The molecule has 1 aliphatic heterocycles. The van der Waals surface area contributed by atoms with Crippen LogP contribution in [0.4, 0.5) is 8.78 Å². The third-order valence-electron chi connectivity index (χ3n) is 4.66. The highest BCUT2D eigenvalue weighted by atomic mass is 19.2. The lowest BCUT2D eigenvalue weighted by molar-refractivity contribution is 0.0594. The summed E-state index contributed by atoms with van der Waals surface area (Å²) in [5.41, 5.74) is 2.90. The Bertz CT molecular complexity index is 497. The molecule has 0 radical (unpaired) electrons. The smallest absolute Gasteiger partial charge is 0.163 e. The van der Waals surface area contributed by atoms with Crippen molar-refractivity contribution >= 4 is 0 Å². The van der Waals surface area contributed by atoms with Crippen LogP contribution in [0, 0.1) is 18.6 Å². The van der Waals surface area contributed by atoms with Gasteiger partial charge in [0.15, 0.2) is 11.6 Å². The van der Waals surface area contributed by atoms with Crippen molar-refractivity contribution in [3.63, 3.8) is 0 Å². The van der Waals surface area contributed by atoms with Crippen LogP contribution in [0.15, 0.2) is 12.1 Å². The molecule has 1 heterocycles. The van der Waals surface area contributed by atoms with Gasteiger partial charge in [-0.3, -0.25) is 16.2 Å². The van der Waals surface area contributed by atoms with Gasteiger partial charge in [0.25, 0.3) is 0 Å². The van der Waals surface area contributed by atoms with E-state index >= 15 is 0 Å². The summed E-state index contributed by atoms with van der Waals surface area (Å²) < 4.78 is 28.2. The largest absolute Gasteiger partial charge is 0.296 e. The van der Waals surface area contributed by atoms with Crippen LogP contribution in [-0.2, 0) is 0 Å². The molecule has 2 rings (SSSR count). The van der Waals surface area contributed by atoms with Gasteiger partial charge < -0.3 is 0 Å². The molecule has 3 nitrogen and oxygen atoms in total. The Balaban J connectivity index is 2.36. The average molecular weight is 297 g/mol. The van der Waals surface area contributed by atoms with E-state index in [2.05, 4.69) is 10.3 Å². The molecule has 1 aromatic rings. The molecule has 1 aliphatic rings. The van der Waals surface area contributed by atoms with Gasteiger partial charge in [0.2, 0.25) is 0 Å². The van der Waals surface area contributed by atoms with Crippen molar-refractivity contribution in [2.24, 2.45) is 5.84 Å². The fourth-order valence-corrected chi connectivity index (χ4v) is 3.21. The Kier molecular flexibility index (Phi) is 4.96. The molecule has 1 unspecified atom stereocenters. The molecule has 0 aromatic heterocycles. The standard InChI is InChI=1S/C16H25F2N3/c1-11-7-8-12(14(18)13(11)17)15(20-19)16(2,3)21-9-5-4-6-10-21/h7-8,15,20H,4-6,9-10,19H2,1-3H3. The van der Waals surface area contributed by atoms with Gasteiger partial charge in [0.05, 0.1) is 6.04 Å². The van der Waals surface area contributed by atoms with Crippen LogP contribution in [0.3, 0.4) is 0 Å². The van der Waals surface area contributed by atoms with Gasteiger partial charge in [-0.2, -0.15) is 0 Å². The normalized spacial score (nSPS) is 18.8. The maximum atomic E-state index is 14.3. The first-order valence-corrected chi connectivity index (χ1v) is 7.55. The number of hydrogen-bond acceptors (Lipinski definition) is 3. The van der Waals surface area contributed by atoms with Gasteiger partial charge in [-0.15, -0.1) is 0 Å². The van der Waals surface area contributed by atoms with Crippen LogP contribution < -0.4 is 11.3 Å². The molecule has 0 amide bonds. The van der Waals surface area contributed by atoms with Crippen molar-refractivity contribution in [2.45, 2.75) is 51.6 Å². The topological polar surface area (TPSA) is 41.3 Å². The summed E-state index contributed by atoms with van der Waals surface area (Å²) in [6, 6.07) is 2.76. The molecule has 0 aliphatic carbocycles. The van der Waals surface area contributed by atoms with Gasteiger partial charge in [0, 0.05) is 11.1 Å². The first kappa shape index (κ1) is 16.3. The highest BCUT2D eigenvalue weighted by Gasteiger charge is 2.38. The van der Waals surface area contributed by atoms with Crippen LogP contribution in [0.1, 0.15) is 50.3 Å². The first-order chi connectivity index (χ1) is 9.89. The SMILES string of the molecule is Cc1ccc(C(NN)C(C)(C)N2CCCCC2)c(F)c1F. The maximum absolute atomic E-state index is 14.3. The summed E-state index contributed by atoms with van der Waals surface area (Å²) in [6.07, 6.45) is 3.48. The lowest BCUT2D eigenvalue weighted by Gasteiger charge is -2.46. The number of nitrogens with two attached hydrogens (primary N) is 1. The second kappa shape index (κ2) is 6.38. The summed E-state index contributed by atoms with van der Waals surface area (Å²) in [5.74, 6) is 4.10. The van der Waals surface area contributed by atoms with E-state index in [1.54, 1.807) is 19.1 Å². The fraction of sp³-hybridized carbons (Fsp3) is 0.625. The van der Waals surface area contributed by atoms with Crippen molar-refractivity contribution in [3.05, 3.63) is 34.9 Å². The molecular formula is C16H25F2N3. The Hall–Kier alpha value is -1.04. The number of rotatable bonds is 4. The van der Waals surface area contributed by atoms with E-state index < -0.39 is 23.2 Å². The highest BCUT2D eigenvalue weighted by Crippen LogP contribution is 2.34. The molecule has 118 valence electrons. The summed E-state index contributed by atoms with van der Waals surface area (Å²) >= 11 is 0. The number of likely N-dealkylation sites (tertiary alicyclic amines) is 1. The minimum Gasteiger partial charge on any atom is -0.296 e. The van der Waals surface area contributed by atoms with Crippen molar-refractivity contribution in [2.75, 3.05) is 13.1 Å². The second-order valence-electron chi connectivity index (χ2n) is 6.40. The molecule has 1 atom stereocenters. The van der Waals surface area contributed by atoms with Crippen LogP contribution in [0.2, 0.25) is 0 Å². The van der Waals surface area contributed by atoms with E-state index in [-0.39, 0.29) is 5.56 Å². The van der Waals surface area contributed by atoms with E-state index in [9.17, 15) is 8.78 Å². The van der Waals surface area contributed by atoms with E-state index in [0.717, 1.165) is 25.9 Å². The monoisotopic (exact) mass is 297 g/mol. The van der Waals surface area contributed by atoms with E-state index in [1.165, 1.54) is 6.42 Å². The third-order valence-corrected chi connectivity index (χ3v) is 4.66. The summed E-state index contributed by atoms with van der Waals surface area (Å²) in [4.78, 5) is 2.30. The Morgan fingerprint density at radius 3 is 2.33 bits per heavy atom. The van der Waals surface area contributed by atoms with Gasteiger partial charge in [-0.1, -0.05) is 18.6 Å². The Morgan fingerprint density at radius 1 is 1.14 bits per heavy atom. The number of halogens is 2. The molecule has 0 bridgehead atoms. The maximum Gasteiger partial charge on any atom is 0.163 e. The fourth-order valence-electron chi connectivity index (χ4n) is 3.21. The minimum atomic E-state index is -0.803. The summed E-state index contributed by atoms with van der Waals surface area (Å²) in [5, 5.41) is 0. The van der Waals surface area contributed by atoms with Gasteiger partial charge >= 0.3 is 0 Å². The van der Waals surface area contributed by atoms with E-state index in [1.807, 2.05) is 13.8 Å². The zero-order valence-electron chi connectivity index (χ0n) is 13.0. The van der Waals surface area contributed by atoms with Crippen LogP contribution in [0.5, 0.6) is 0 Å². The van der Waals surface area contributed by atoms with Crippen LogP contribution in [0.25, 0.3) is 0 Å². The van der Waals surface area contributed by atoms with Crippen molar-refractivity contribution in [1.29, 1.82) is 0 Å². The molecule has 0 saturated carbocycles. The summed E-state index contributed by atoms with van der Waals surface area (Å²) in [6.45, 7) is 7.53.